The Balaban J connectivity index is 1.21. The SMILES string of the molecule is O=C(CCCCN1CCN(c2noc3cc(O)ccc23)CC1)c1ccc(F)cc1. The lowest BCUT2D eigenvalue weighted by Crippen LogP contribution is -2.46. The first-order chi connectivity index (χ1) is 14.1. The lowest BCUT2D eigenvalue weighted by atomic mass is 10.1. The van der Waals surface area contributed by atoms with Gasteiger partial charge in [0.05, 0.1) is 5.39 Å². The van der Waals surface area contributed by atoms with E-state index in [1.165, 1.54) is 12.1 Å². The lowest BCUT2D eigenvalue weighted by molar-refractivity contribution is 0.0977. The average molecular weight is 397 g/mol. The number of carbonyl (C=O) groups is 1. The Hall–Kier alpha value is -2.93. The van der Waals surface area contributed by atoms with Gasteiger partial charge < -0.3 is 14.5 Å². The highest BCUT2D eigenvalue weighted by Gasteiger charge is 2.21. The Morgan fingerprint density at radius 3 is 2.59 bits per heavy atom. The summed E-state index contributed by atoms with van der Waals surface area (Å²) in [6, 6.07) is 10.8. The molecule has 1 aliphatic rings. The van der Waals surface area contributed by atoms with Gasteiger partial charge in [0.25, 0.3) is 0 Å². The highest BCUT2D eigenvalue weighted by molar-refractivity contribution is 5.96. The van der Waals surface area contributed by atoms with Gasteiger partial charge in [0.15, 0.2) is 17.2 Å². The second-order valence-electron chi connectivity index (χ2n) is 7.40. The zero-order chi connectivity index (χ0) is 20.2. The van der Waals surface area contributed by atoms with E-state index >= 15 is 0 Å². The van der Waals surface area contributed by atoms with E-state index in [2.05, 4.69) is 15.0 Å². The van der Waals surface area contributed by atoms with Crippen molar-refractivity contribution < 1.29 is 18.8 Å². The summed E-state index contributed by atoms with van der Waals surface area (Å²) >= 11 is 0. The van der Waals surface area contributed by atoms with Crippen molar-refractivity contribution in [2.24, 2.45) is 0 Å². The van der Waals surface area contributed by atoms with E-state index in [1.54, 1.807) is 24.3 Å². The second kappa shape index (κ2) is 8.61. The molecule has 2 heterocycles. The number of carbonyl (C=O) groups excluding carboxylic acids is 1. The van der Waals surface area contributed by atoms with E-state index in [1.807, 2.05) is 6.07 Å². The molecule has 1 aromatic heterocycles. The molecule has 0 saturated carbocycles. The monoisotopic (exact) mass is 397 g/mol. The number of hydrogen-bond acceptors (Lipinski definition) is 6. The molecular formula is C22H24FN3O3. The number of unbranched alkanes of at least 4 members (excludes halogenated alkanes) is 1. The van der Waals surface area contributed by atoms with Gasteiger partial charge in [-0.1, -0.05) is 5.16 Å². The zero-order valence-electron chi connectivity index (χ0n) is 16.2. The molecule has 3 aromatic rings. The molecule has 2 aromatic carbocycles. The highest BCUT2D eigenvalue weighted by atomic mass is 19.1. The van der Waals surface area contributed by atoms with Crippen molar-refractivity contribution in [3.05, 3.63) is 53.8 Å². The fourth-order valence-corrected chi connectivity index (χ4v) is 3.73. The van der Waals surface area contributed by atoms with Crippen LogP contribution in [-0.2, 0) is 0 Å². The van der Waals surface area contributed by atoms with Crippen LogP contribution in [0, 0.1) is 5.82 Å². The van der Waals surface area contributed by atoms with Crippen LogP contribution in [0.4, 0.5) is 10.2 Å². The fourth-order valence-electron chi connectivity index (χ4n) is 3.73. The minimum Gasteiger partial charge on any atom is -0.508 e. The Morgan fingerprint density at radius 2 is 1.83 bits per heavy atom. The second-order valence-corrected chi connectivity index (χ2v) is 7.40. The maximum atomic E-state index is 12.9. The minimum atomic E-state index is -0.322. The number of halogens is 1. The summed E-state index contributed by atoms with van der Waals surface area (Å²) in [5.41, 5.74) is 1.17. The van der Waals surface area contributed by atoms with E-state index in [4.69, 9.17) is 4.52 Å². The molecule has 29 heavy (non-hydrogen) atoms. The van der Waals surface area contributed by atoms with Crippen LogP contribution in [0.25, 0.3) is 11.0 Å². The van der Waals surface area contributed by atoms with Gasteiger partial charge in [-0.05, 0) is 55.8 Å². The summed E-state index contributed by atoms with van der Waals surface area (Å²) in [6.45, 7) is 4.53. The molecule has 0 unspecified atom stereocenters. The van der Waals surface area contributed by atoms with Crippen molar-refractivity contribution in [2.75, 3.05) is 37.6 Å². The number of Topliss-reactive ketones (excluding diaryl/α,β-unsaturated/α-hetero) is 1. The Kier molecular flexibility index (Phi) is 5.76. The Morgan fingerprint density at radius 1 is 1.07 bits per heavy atom. The van der Waals surface area contributed by atoms with Gasteiger partial charge in [0, 0.05) is 44.2 Å². The fraction of sp³-hybridized carbons (Fsp3) is 0.364. The number of nitrogens with zero attached hydrogens (tertiary/aromatic N) is 3. The number of phenols is 1. The van der Waals surface area contributed by atoms with Crippen molar-refractivity contribution >= 4 is 22.6 Å². The lowest BCUT2D eigenvalue weighted by Gasteiger charge is -2.34. The molecule has 0 spiro atoms. The molecule has 0 radical (unpaired) electrons. The maximum Gasteiger partial charge on any atom is 0.180 e. The summed E-state index contributed by atoms with van der Waals surface area (Å²) in [6.07, 6.45) is 2.27. The molecule has 1 aliphatic heterocycles. The van der Waals surface area contributed by atoms with Crippen LogP contribution in [0.5, 0.6) is 5.75 Å². The van der Waals surface area contributed by atoms with Crippen molar-refractivity contribution in [3.63, 3.8) is 0 Å². The number of hydrogen-bond donors (Lipinski definition) is 1. The first-order valence-electron chi connectivity index (χ1n) is 9.94. The molecule has 0 bridgehead atoms. The number of fused-ring (bicyclic) bond motifs is 1. The van der Waals surface area contributed by atoms with Gasteiger partial charge in [-0.15, -0.1) is 0 Å². The summed E-state index contributed by atoms with van der Waals surface area (Å²) in [7, 11) is 0. The molecule has 4 rings (SSSR count). The molecule has 7 heteroatoms. The van der Waals surface area contributed by atoms with Crippen LogP contribution >= 0.6 is 0 Å². The van der Waals surface area contributed by atoms with Crippen molar-refractivity contribution in [2.45, 2.75) is 19.3 Å². The predicted molar refractivity (Wildman–Crippen MR) is 109 cm³/mol. The van der Waals surface area contributed by atoms with Gasteiger partial charge in [0.1, 0.15) is 11.6 Å². The Bertz CT molecular complexity index is 979. The number of aromatic hydroxyl groups is 1. The zero-order valence-corrected chi connectivity index (χ0v) is 16.2. The third kappa shape index (κ3) is 4.56. The van der Waals surface area contributed by atoms with Gasteiger partial charge in [-0.25, -0.2) is 4.39 Å². The first kappa shape index (κ1) is 19.4. The number of anilines is 1. The maximum absolute atomic E-state index is 12.9. The van der Waals surface area contributed by atoms with Crippen molar-refractivity contribution in [1.82, 2.24) is 10.1 Å². The number of ketones is 1. The van der Waals surface area contributed by atoms with Crippen LogP contribution in [0.2, 0.25) is 0 Å². The van der Waals surface area contributed by atoms with E-state index < -0.39 is 0 Å². The summed E-state index contributed by atoms with van der Waals surface area (Å²) in [5.74, 6) is 0.740. The van der Waals surface area contributed by atoms with E-state index in [9.17, 15) is 14.3 Å². The van der Waals surface area contributed by atoms with Crippen LogP contribution < -0.4 is 4.90 Å². The number of phenolic OH excluding ortho intramolecular Hbond substituents is 1. The predicted octanol–water partition coefficient (Wildman–Crippen LogP) is 3.85. The minimum absolute atomic E-state index is 0.0683. The molecule has 0 atom stereocenters. The number of benzene rings is 2. The normalized spacial score (nSPS) is 15.1. The molecule has 1 N–H and O–H groups in total. The smallest absolute Gasteiger partial charge is 0.180 e. The summed E-state index contributed by atoms with van der Waals surface area (Å²) < 4.78 is 18.3. The molecule has 152 valence electrons. The van der Waals surface area contributed by atoms with Gasteiger partial charge in [0.2, 0.25) is 0 Å². The third-order valence-electron chi connectivity index (χ3n) is 5.40. The van der Waals surface area contributed by atoms with E-state index in [0.717, 1.165) is 56.8 Å². The van der Waals surface area contributed by atoms with E-state index in [-0.39, 0.29) is 17.3 Å². The molecular weight excluding hydrogens is 373 g/mol. The van der Waals surface area contributed by atoms with Crippen LogP contribution in [-0.4, -0.2) is 53.7 Å². The molecule has 6 nitrogen and oxygen atoms in total. The molecule has 1 fully saturated rings. The van der Waals surface area contributed by atoms with E-state index in [0.29, 0.717) is 17.6 Å². The molecule has 0 amide bonds. The first-order valence-corrected chi connectivity index (χ1v) is 9.94. The number of rotatable bonds is 7. The largest absolute Gasteiger partial charge is 0.508 e. The Labute approximate surface area is 168 Å². The van der Waals surface area contributed by atoms with Gasteiger partial charge in [-0.2, -0.15) is 0 Å². The van der Waals surface area contributed by atoms with Crippen molar-refractivity contribution in [1.29, 1.82) is 0 Å². The number of aromatic nitrogens is 1. The topological polar surface area (TPSA) is 69.8 Å². The number of piperazine rings is 1. The summed E-state index contributed by atoms with van der Waals surface area (Å²) in [5, 5.41) is 14.6. The highest BCUT2D eigenvalue weighted by Crippen LogP contribution is 2.29. The quantitative estimate of drug-likeness (QED) is 0.482. The summed E-state index contributed by atoms with van der Waals surface area (Å²) in [4.78, 5) is 16.7. The van der Waals surface area contributed by atoms with Gasteiger partial charge >= 0.3 is 0 Å². The molecule has 0 aliphatic carbocycles. The molecule has 1 saturated heterocycles. The van der Waals surface area contributed by atoms with Crippen LogP contribution in [0.1, 0.15) is 29.6 Å². The van der Waals surface area contributed by atoms with Crippen molar-refractivity contribution in [3.8, 4) is 5.75 Å². The third-order valence-corrected chi connectivity index (χ3v) is 5.40. The van der Waals surface area contributed by atoms with Crippen LogP contribution in [0.15, 0.2) is 47.0 Å². The van der Waals surface area contributed by atoms with Gasteiger partial charge in [-0.3, -0.25) is 9.69 Å². The van der Waals surface area contributed by atoms with Crippen LogP contribution in [0.3, 0.4) is 0 Å². The average Bonchev–Trinajstić information content (AvgIpc) is 3.15. The standard InChI is InChI=1S/C22H24FN3O3/c23-17-6-4-16(5-7-17)20(28)3-1-2-10-25-11-13-26(14-12-25)22-19-9-8-18(27)15-21(19)29-24-22/h4-9,15,27H,1-3,10-14H2.